The third kappa shape index (κ3) is 13.7. The van der Waals surface area contributed by atoms with Gasteiger partial charge < -0.3 is 45.8 Å². The summed E-state index contributed by atoms with van der Waals surface area (Å²) in [6.07, 6.45) is -3.75. The summed E-state index contributed by atoms with van der Waals surface area (Å²) in [4.78, 5) is 5.48. The van der Waals surface area contributed by atoms with Crippen molar-refractivity contribution in [2.24, 2.45) is 0 Å². The highest BCUT2D eigenvalue weighted by atomic mass is 16.3. The van der Waals surface area contributed by atoms with Gasteiger partial charge in [-0.25, -0.2) is 0 Å². The molecule has 0 amide bonds. The minimum absolute atomic E-state index is 0.166. The molecule has 0 spiro atoms. The van der Waals surface area contributed by atoms with E-state index in [1.165, 1.54) is 0 Å². The second-order valence-electron chi connectivity index (χ2n) is 7.17. The Morgan fingerprint density at radius 2 is 0.750 bits per heavy atom. The predicted molar refractivity (Wildman–Crippen MR) is 103 cm³/mol. The normalized spacial score (nSPS) is 16.7. The molecule has 4 atom stereocenters. The van der Waals surface area contributed by atoms with Crippen molar-refractivity contribution in [3.63, 3.8) is 0 Å². The molecule has 0 aromatic carbocycles. The van der Waals surface area contributed by atoms with Gasteiger partial charge in [0.2, 0.25) is 0 Å². The molecule has 0 saturated heterocycles. The zero-order valence-corrected chi connectivity index (χ0v) is 16.7. The van der Waals surface area contributed by atoms with Gasteiger partial charge in [0.15, 0.2) is 0 Å². The average Bonchev–Trinajstić information content (AvgIpc) is 2.69. The van der Waals surface area contributed by atoms with Crippen molar-refractivity contribution in [2.75, 3.05) is 85.8 Å². The van der Waals surface area contributed by atoms with Crippen molar-refractivity contribution in [2.45, 2.75) is 24.4 Å². The molecule has 0 bridgehead atoms. The largest absolute Gasteiger partial charge is 0.394 e. The van der Waals surface area contributed by atoms with Crippen LogP contribution in [0.1, 0.15) is 0 Å². The second-order valence-corrected chi connectivity index (χ2v) is 7.17. The summed E-state index contributed by atoms with van der Waals surface area (Å²) >= 11 is 0. The number of likely N-dealkylation sites (N-methyl/N-ethyl adjacent to an activating group) is 1. The third-order valence-corrected chi connectivity index (χ3v) is 4.31. The zero-order chi connectivity index (χ0) is 21.5. The molecule has 170 valence electrons. The fourth-order valence-corrected chi connectivity index (χ4v) is 2.67. The molecule has 0 rings (SSSR count). The van der Waals surface area contributed by atoms with Gasteiger partial charge in [-0.05, 0) is 7.05 Å². The van der Waals surface area contributed by atoms with Crippen LogP contribution in [0.15, 0.2) is 0 Å². The van der Waals surface area contributed by atoms with Crippen LogP contribution in [0.25, 0.3) is 0 Å². The number of aliphatic hydroxyl groups excluding tert-OH is 8. The second kappa shape index (κ2) is 16.4. The van der Waals surface area contributed by atoms with Gasteiger partial charge in [-0.15, -0.1) is 0 Å². The van der Waals surface area contributed by atoms with E-state index in [-0.39, 0.29) is 26.2 Å². The molecular formula is C17H39N3O8. The Hall–Kier alpha value is -0.440. The monoisotopic (exact) mass is 413 g/mol. The van der Waals surface area contributed by atoms with Crippen LogP contribution in [0.2, 0.25) is 0 Å². The summed E-state index contributed by atoms with van der Waals surface area (Å²) in [6.45, 7) is 1.23. The minimum Gasteiger partial charge on any atom is -0.394 e. The van der Waals surface area contributed by atoms with Crippen LogP contribution < -0.4 is 0 Å². The number of hydrogen-bond acceptors (Lipinski definition) is 11. The molecule has 0 fully saturated rings. The summed E-state index contributed by atoms with van der Waals surface area (Å²) in [5, 5.41) is 74.5. The Morgan fingerprint density at radius 3 is 0.964 bits per heavy atom. The predicted octanol–water partition coefficient (Wildman–Crippen LogP) is -5.06. The lowest BCUT2D eigenvalue weighted by Crippen LogP contribution is -2.46. The lowest BCUT2D eigenvalue weighted by Gasteiger charge is -2.30. The zero-order valence-electron chi connectivity index (χ0n) is 16.7. The van der Waals surface area contributed by atoms with E-state index in [9.17, 15) is 20.4 Å². The number of nitrogens with zero attached hydrogens (tertiary/aromatic N) is 3. The summed E-state index contributed by atoms with van der Waals surface area (Å²) in [6, 6.07) is 0. The topological polar surface area (TPSA) is 172 Å². The van der Waals surface area contributed by atoms with E-state index >= 15 is 0 Å². The standard InChI is InChI=1S/C17H39N3O8/c1-18(2-4-19(6-14(25)10-21)7-15(26)11-22)3-5-20(8-16(27)12-23)9-17(28)13-24/h14-17,21-28H,2-13H2,1H3. The van der Waals surface area contributed by atoms with Crippen LogP contribution in [0, 0.1) is 0 Å². The van der Waals surface area contributed by atoms with Crippen molar-refractivity contribution in [3.8, 4) is 0 Å². The molecular weight excluding hydrogens is 374 g/mol. The Balaban J connectivity index is 4.51. The molecule has 11 heteroatoms. The van der Waals surface area contributed by atoms with Gasteiger partial charge in [0.1, 0.15) is 0 Å². The summed E-state index contributed by atoms with van der Waals surface area (Å²) in [5.74, 6) is 0. The van der Waals surface area contributed by atoms with Gasteiger partial charge in [0.05, 0.1) is 50.8 Å². The van der Waals surface area contributed by atoms with E-state index in [0.717, 1.165) is 0 Å². The number of hydrogen-bond donors (Lipinski definition) is 8. The van der Waals surface area contributed by atoms with Crippen LogP contribution in [0.5, 0.6) is 0 Å². The van der Waals surface area contributed by atoms with Crippen LogP contribution in [0.4, 0.5) is 0 Å². The molecule has 28 heavy (non-hydrogen) atoms. The molecule has 0 radical (unpaired) electrons. The maximum atomic E-state index is 9.63. The van der Waals surface area contributed by atoms with E-state index < -0.39 is 50.8 Å². The summed E-state index contributed by atoms with van der Waals surface area (Å²) in [7, 11) is 1.87. The quantitative estimate of drug-likeness (QED) is 0.108. The van der Waals surface area contributed by atoms with Gasteiger partial charge in [-0.2, -0.15) is 0 Å². The number of aliphatic hydroxyl groups is 8. The van der Waals surface area contributed by atoms with Crippen LogP contribution in [-0.2, 0) is 0 Å². The average molecular weight is 414 g/mol. The van der Waals surface area contributed by atoms with Gasteiger partial charge in [0, 0.05) is 52.4 Å². The van der Waals surface area contributed by atoms with Crippen molar-refractivity contribution < 1.29 is 40.9 Å². The van der Waals surface area contributed by atoms with Crippen LogP contribution in [-0.4, -0.2) is 166 Å². The molecule has 4 unspecified atom stereocenters. The highest BCUT2D eigenvalue weighted by molar-refractivity contribution is 4.72. The van der Waals surface area contributed by atoms with E-state index in [2.05, 4.69) is 0 Å². The fourth-order valence-electron chi connectivity index (χ4n) is 2.67. The molecule has 0 aliphatic rings. The van der Waals surface area contributed by atoms with E-state index in [1.807, 2.05) is 11.9 Å². The van der Waals surface area contributed by atoms with Crippen molar-refractivity contribution in [3.05, 3.63) is 0 Å². The Bertz CT molecular complexity index is 313. The lowest BCUT2D eigenvalue weighted by atomic mass is 10.2. The molecule has 11 nitrogen and oxygen atoms in total. The maximum Gasteiger partial charge on any atom is 0.0897 e. The smallest absolute Gasteiger partial charge is 0.0897 e. The first-order valence-electron chi connectivity index (χ1n) is 9.54. The Kier molecular flexibility index (Phi) is 16.1. The first-order valence-corrected chi connectivity index (χ1v) is 9.54. The van der Waals surface area contributed by atoms with Crippen molar-refractivity contribution >= 4 is 0 Å². The van der Waals surface area contributed by atoms with Crippen LogP contribution >= 0.6 is 0 Å². The van der Waals surface area contributed by atoms with E-state index in [4.69, 9.17) is 20.4 Å². The van der Waals surface area contributed by atoms with Gasteiger partial charge in [0.25, 0.3) is 0 Å². The summed E-state index contributed by atoms with van der Waals surface area (Å²) < 4.78 is 0. The molecule has 0 aromatic rings. The fraction of sp³-hybridized carbons (Fsp3) is 1.00. The van der Waals surface area contributed by atoms with Crippen molar-refractivity contribution in [1.82, 2.24) is 14.7 Å². The van der Waals surface area contributed by atoms with Gasteiger partial charge in [-0.1, -0.05) is 0 Å². The SMILES string of the molecule is CN(CCN(CC(O)CO)CC(O)CO)CCN(CC(O)CO)CC(O)CO. The Morgan fingerprint density at radius 1 is 0.500 bits per heavy atom. The molecule has 0 aliphatic heterocycles. The van der Waals surface area contributed by atoms with E-state index in [1.54, 1.807) is 9.80 Å². The first-order chi connectivity index (χ1) is 13.2. The molecule has 0 heterocycles. The lowest BCUT2D eigenvalue weighted by molar-refractivity contribution is 0.0160. The summed E-state index contributed by atoms with van der Waals surface area (Å²) in [5.41, 5.74) is 0. The van der Waals surface area contributed by atoms with Gasteiger partial charge >= 0.3 is 0 Å². The Labute approximate surface area is 166 Å². The van der Waals surface area contributed by atoms with Crippen LogP contribution in [0.3, 0.4) is 0 Å². The molecule has 0 saturated carbocycles. The minimum atomic E-state index is -0.938. The molecule has 0 aliphatic carbocycles. The highest BCUT2D eigenvalue weighted by Crippen LogP contribution is 2.00. The van der Waals surface area contributed by atoms with E-state index in [0.29, 0.717) is 26.2 Å². The first kappa shape index (κ1) is 27.6. The third-order valence-electron chi connectivity index (χ3n) is 4.31. The maximum absolute atomic E-state index is 9.63. The molecule has 8 N–H and O–H groups in total. The highest BCUT2D eigenvalue weighted by Gasteiger charge is 2.17. The number of rotatable bonds is 18. The van der Waals surface area contributed by atoms with Gasteiger partial charge in [-0.3, -0.25) is 9.80 Å². The van der Waals surface area contributed by atoms with Crippen molar-refractivity contribution in [1.29, 1.82) is 0 Å². The molecule has 0 aromatic heterocycles.